The van der Waals surface area contributed by atoms with Crippen LogP contribution in [0.5, 0.6) is 0 Å². The lowest BCUT2D eigenvalue weighted by Gasteiger charge is -2.14. The van der Waals surface area contributed by atoms with Gasteiger partial charge < -0.3 is 10.3 Å². The molecule has 1 rings (SSSR count). The summed E-state index contributed by atoms with van der Waals surface area (Å²) in [5.41, 5.74) is 0.203. The van der Waals surface area contributed by atoms with Crippen LogP contribution in [-0.2, 0) is 9.05 Å². The number of hydrogen-bond acceptors (Lipinski definition) is 3. The Morgan fingerprint density at radius 1 is 1.45 bits per heavy atom. The van der Waals surface area contributed by atoms with Crippen LogP contribution in [0.4, 0.5) is 0 Å². The van der Waals surface area contributed by atoms with Gasteiger partial charge in [0.15, 0.2) is 0 Å². The summed E-state index contributed by atoms with van der Waals surface area (Å²) in [6.45, 7) is 4.83. The van der Waals surface area contributed by atoms with Crippen molar-refractivity contribution in [2.45, 2.75) is 44.4 Å². The first-order chi connectivity index (χ1) is 9.38. The van der Waals surface area contributed by atoms with E-state index in [1.54, 1.807) is 0 Å². The van der Waals surface area contributed by atoms with Crippen molar-refractivity contribution < 1.29 is 13.2 Å². The van der Waals surface area contributed by atoms with Crippen LogP contribution < -0.4 is 5.32 Å². The van der Waals surface area contributed by atoms with Gasteiger partial charge in [-0.05, 0) is 18.4 Å². The number of aromatic nitrogens is 1. The molecule has 0 aliphatic rings. The maximum absolute atomic E-state index is 11.9. The van der Waals surface area contributed by atoms with Crippen LogP contribution in [0.25, 0.3) is 0 Å². The molecule has 20 heavy (non-hydrogen) atoms. The minimum Gasteiger partial charge on any atom is -0.356 e. The quantitative estimate of drug-likeness (QED) is 0.723. The molecule has 0 saturated heterocycles. The number of rotatable bonds is 8. The van der Waals surface area contributed by atoms with Crippen molar-refractivity contribution >= 4 is 25.6 Å². The van der Waals surface area contributed by atoms with Crippen LogP contribution in [-0.4, -0.2) is 25.9 Å². The van der Waals surface area contributed by atoms with Crippen molar-refractivity contribution in [3.63, 3.8) is 0 Å². The molecule has 114 valence electrons. The Balaban J connectivity index is 2.56. The molecule has 0 fully saturated rings. The summed E-state index contributed by atoms with van der Waals surface area (Å²) in [5.74, 6) is 0.136. The average molecular weight is 321 g/mol. The lowest BCUT2D eigenvalue weighted by Crippen LogP contribution is -2.29. The van der Waals surface area contributed by atoms with Crippen molar-refractivity contribution in [3.8, 4) is 0 Å². The van der Waals surface area contributed by atoms with Crippen molar-refractivity contribution in [2.75, 3.05) is 6.54 Å². The van der Waals surface area contributed by atoms with E-state index in [0.29, 0.717) is 12.5 Å². The summed E-state index contributed by atoms with van der Waals surface area (Å²) >= 11 is 0. The van der Waals surface area contributed by atoms with E-state index >= 15 is 0 Å². The molecule has 0 radical (unpaired) electrons. The van der Waals surface area contributed by atoms with Crippen LogP contribution in [0.15, 0.2) is 17.2 Å². The molecule has 2 N–H and O–H groups in total. The monoisotopic (exact) mass is 320 g/mol. The minimum atomic E-state index is -3.80. The first-order valence-corrected chi connectivity index (χ1v) is 9.10. The molecule has 1 unspecified atom stereocenters. The molecule has 0 spiro atoms. The number of halogens is 1. The number of unbranched alkanes of at least 4 members (excludes halogenated alkanes) is 1. The number of carbonyl (C=O) groups is 1. The third kappa shape index (κ3) is 5.17. The van der Waals surface area contributed by atoms with E-state index in [4.69, 9.17) is 10.7 Å². The van der Waals surface area contributed by atoms with Crippen molar-refractivity contribution in [1.29, 1.82) is 0 Å². The second-order valence-electron chi connectivity index (χ2n) is 4.81. The molecule has 0 saturated carbocycles. The highest BCUT2D eigenvalue weighted by molar-refractivity contribution is 8.13. The second-order valence-corrected chi connectivity index (χ2v) is 7.38. The van der Waals surface area contributed by atoms with Gasteiger partial charge in [0.25, 0.3) is 15.0 Å². The van der Waals surface area contributed by atoms with Crippen molar-refractivity contribution in [3.05, 3.63) is 18.0 Å². The average Bonchev–Trinajstić information content (AvgIpc) is 2.88. The molecule has 1 atom stereocenters. The van der Waals surface area contributed by atoms with E-state index < -0.39 is 9.05 Å². The lowest BCUT2D eigenvalue weighted by molar-refractivity contribution is 0.0941. The first-order valence-electron chi connectivity index (χ1n) is 6.79. The SMILES string of the molecule is CCCCC(CC)CNC(=O)c1cc(S(=O)(=O)Cl)c[nH]1. The predicted octanol–water partition coefficient (Wildman–Crippen LogP) is 2.89. The maximum atomic E-state index is 11.9. The molecule has 1 aromatic heterocycles. The zero-order valence-corrected chi connectivity index (χ0v) is 13.4. The highest BCUT2D eigenvalue weighted by Gasteiger charge is 2.16. The fourth-order valence-corrected chi connectivity index (χ4v) is 2.65. The summed E-state index contributed by atoms with van der Waals surface area (Å²) in [4.78, 5) is 14.4. The van der Waals surface area contributed by atoms with E-state index in [1.807, 2.05) is 0 Å². The number of amides is 1. The van der Waals surface area contributed by atoms with Gasteiger partial charge in [0.05, 0.1) is 0 Å². The van der Waals surface area contributed by atoms with Gasteiger partial charge in [-0.25, -0.2) is 8.42 Å². The predicted molar refractivity (Wildman–Crippen MR) is 79.5 cm³/mol. The number of H-pyrrole nitrogens is 1. The largest absolute Gasteiger partial charge is 0.356 e. The zero-order chi connectivity index (χ0) is 15.2. The Morgan fingerprint density at radius 2 is 2.15 bits per heavy atom. The molecule has 7 heteroatoms. The first kappa shape index (κ1) is 17.0. The Labute approximate surface area is 124 Å². The topological polar surface area (TPSA) is 79.0 Å². The van der Waals surface area contributed by atoms with Gasteiger partial charge in [0.2, 0.25) is 0 Å². The molecule has 1 amide bonds. The maximum Gasteiger partial charge on any atom is 0.267 e. The molecule has 5 nitrogen and oxygen atoms in total. The smallest absolute Gasteiger partial charge is 0.267 e. The molecule has 0 aromatic carbocycles. The fourth-order valence-electron chi connectivity index (χ4n) is 1.92. The number of nitrogens with one attached hydrogen (secondary N) is 2. The van der Waals surface area contributed by atoms with Crippen LogP contribution in [0.3, 0.4) is 0 Å². The van der Waals surface area contributed by atoms with Gasteiger partial charge in [-0.15, -0.1) is 0 Å². The molecule has 0 aliphatic heterocycles. The number of aromatic amines is 1. The fraction of sp³-hybridized carbons (Fsp3) is 0.615. The summed E-state index contributed by atoms with van der Waals surface area (Å²) < 4.78 is 22.2. The van der Waals surface area contributed by atoms with Gasteiger partial charge in [-0.1, -0.05) is 33.1 Å². The van der Waals surface area contributed by atoms with Crippen LogP contribution >= 0.6 is 10.7 Å². The van der Waals surface area contributed by atoms with Crippen molar-refractivity contribution in [2.24, 2.45) is 5.92 Å². The Morgan fingerprint density at radius 3 is 2.65 bits per heavy atom. The van der Waals surface area contributed by atoms with E-state index in [2.05, 4.69) is 24.1 Å². The molecule has 0 aliphatic carbocycles. The van der Waals surface area contributed by atoms with Gasteiger partial charge in [-0.3, -0.25) is 4.79 Å². The molecular formula is C13H21ClN2O3S. The van der Waals surface area contributed by atoms with Crippen LogP contribution in [0.1, 0.15) is 50.0 Å². The standard InChI is InChI=1S/C13H21ClN2O3S/c1-3-5-6-10(4-2)8-16-13(17)12-7-11(9-15-12)20(14,18)19/h7,9-10,15H,3-6,8H2,1-2H3,(H,16,17). The molecule has 0 bridgehead atoms. The third-order valence-corrected chi connectivity index (χ3v) is 4.61. The zero-order valence-electron chi connectivity index (χ0n) is 11.8. The van der Waals surface area contributed by atoms with Crippen LogP contribution in [0.2, 0.25) is 0 Å². The number of hydrogen-bond donors (Lipinski definition) is 2. The summed E-state index contributed by atoms with van der Waals surface area (Å²) in [6.07, 6.45) is 5.58. The third-order valence-electron chi connectivity index (χ3n) is 3.28. The molecule has 1 aromatic rings. The van der Waals surface area contributed by atoms with Gasteiger partial charge in [0.1, 0.15) is 10.6 Å². The molecule has 1 heterocycles. The van der Waals surface area contributed by atoms with Gasteiger partial charge in [0, 0.05) is 23.4 Å². The van der Waals surface area contributed by atoms with Crippen molar-refractivity contribution in [1.82, 2.24) is 10.3 Å². The minimum absolute atomic E-state index is 0.0951. The Hall–Kier alpha value is -1.01. The highest BCUT2D eigenvalue weighted by Crippen LogP contribution is 2.16. The van der Waals surface area contributed by atoms with Crippen LogP contribution in [0, 0.1) is 5.92 Å². The second kappa shape index (κ2) is 7.69. The van der Waals surface area contributed by atoms with Gasteiger partial charge in [-0.2, -0.15) is 0 Å². The van der Waals surface area contributed by atoms with E-state index in [1.165, 1.54) is 12.3 Å². The summed E-state index contributed by atoms with van der Waals surface area (Å²) in [5, 5.41) is 2.82. The normalized spacial score (nSPS) is 13.2. The van der Waals surface area contributed by atoms with E-state index in [9.17, 15) is 13.2 Å². The summed E-state index contributed by atoms with van der Waals surface area (Å²) in [7, 11) is 1.40. The number of carbonyl (C=O) groups excluding carboxylic acids is 1. The molecular weight excluding hydrogens is 300 g/mol. The highest BCUT2D eigenvalue weighted by atomic mass is 35.7. The Bertz CT molecular complexity index is 540. The summed E-state index contributed by atoms with van der Waals surface area (Å²) in [6, 6.07) is 1.24. The lowest BCUT2D eigenvalue weighted by atomic mass is 9.99. The Kier molecular flexibility index (Phi) is 6.55. The van der Waals surface area contributed by atoms with E-state index in [-0.39, 0.29) is 16.5 Å². The van der Waals surface area contributed by atoms with Gasteiger partial charge >= 0.3 is 0 Å². The van der Waals surface area contributed by atoms with E-state index in [0.717, 1.165) is 25.7 Å².